The van der Waals surface area contributed by atoms with Crippen LogP contribution in [-0.4, -0.2) is 5.11 Å². The minimum atomic E-state index is -0.180. The third kappa shape index (κ3) is 1.56. The van der Waals surface area contributed by atoms with Gasteiger partial charge >= 0.3 is 0 Å². The standard InChI is InChI=1S/C7H3Cl2NO/c1-10-4-2-5(8)7(11)6(9)3-4/h2-3,11H. The van der Waals surface area contributed by atoms with Crippen molar-refractivity contribution in [3.63, 3.8) is 0 Å². The number of hydrogen-bond acceptors (Lipinski definition) is 1. The molecule has 0 aromatic heterocycles. The zero-order valence-electron chi connectivity index (χ0n) is 5.31. The number of benzene rings is 1. The number of phenols is 1. The highest BCUT2D eigenvalue weighted by Crippen LogP contribution is 2.35. The van der Waals surface area contributed by atoms with E-state index in [0.29, 0.717) is 5.69 Å². The van der Waals surface area contributed by atoms with Crippen LogP contribution in [-0.2, 0) is 0 Å². The summed E-state index contributed by atoms with van der Waals surface area (Å²) in [6.07, 6.45) is 0. The lowest BCUT2D eigenvalue weighted by molar-refractivity contribution is 0.476. The summed E-state index contributed by atoms with van der Waals surface area (Å²) < 4.78 is 0. The molecule has 0 bridgehead atoms. The summed E-state index contributed by atoms with van der Waals surface area (Å²) in [5.74, 6) is -0.180. The van der Waals surface area contributed by atoms with Gasteiger partial charge in [0.15, 0.2) is 5.69 Å². The number of phenolic OH excluding ortho intramolecular Hbond substituents is 1. The van der Waals surface area contributed by atoms with Gasteiger partial charge in [0.1, 0.15) is 5.75 Å². The topological polar surface area (TPSA) is 24.6 Å². The zero-order valence-corrected chi connectivity index (χ0v) is 6.82. The van der Waals surface area contributed by atoms with Crippen LogP contribution in [0.5, 0.6) is 5.75 Å². The first-order valence-corrected chi connectivity index (χ1v) is 3.46. The van der Waals surface area contributed by atoms with Gasteiger partial charge in [-0.1, -0.05) is 23.2 Å². The molecular weight excluding hydrogens is 185 g/mol. The Bertz CT molecular complexity index is 307. The number of halogens is 2. The Morgan fingerprint density at radius 1 is 1.27 bits per heavy atom. The third-order valence-electron chi connectivity index (χ3n) is 1.13. The maximum absolute atomic E-state index is 9.06. The molecule has 0 aliphatic carbocycles. The molecule has 1 aromatic carbocycles. The molecule has 0 fully saturated rings. The maximum atomic E-state index is 9.06. The Morgan fingerprint density at radius 2 is 1.73 bits per heavy atom. The minimum Gasteiger partial charge on any atom is -0.505 e. The second-order valence-electron chi connectivity index (χ2n) is 1.87. The van der Waals surface area contributed by atoms with Crippen LogP contribution in [0.4, 0.5) is 5.69 Å². The lowest BCUT2D eigenvalue weighted by Crippen LogP contribution is -1.70. The van der Waals surface area contributed by atoms with Crippen LogP contribution < -0.4 is 0 Å². The van der Waals surface area contributed by atoms with Crippen LogP contribution in [0.15, 0.2) is 12.1 Å². The molecule has 0 heterocycles. The molecule has 0 atom stereocenters. The number of rotatable bonds is 0. The smallest absolute Gasteiger partial charge is 0.190 e. The summed E-state index contributed by atoms with van der Waals surface area (Å²) in [7, 11) is 0. The predicted octanol–water partition coefficient (Wildman–Crippen LogP) is 3.25. The second kappa shape index (κ2) is 3.00. The van der Waals surface area contributed by atoms with Gasteiger partial charge in [-0.25, -0.2) is 4.85 Å². The maximum Gasteiger partial charge on any atom is 0.190 e. The van der Waals surface area contributed by atoms with Crippen molar-refractivity contribution in [2.45, 2.75) is 0 Å². The van der Waals surface area contributed by atoms with Gasteiger partial charge in [-0.2, -0.15) is 0 Å². The van der Waals surface area contributed by atoms with Crippen molar-refractivity contribution in [1.82, 2.24) is 0 Å². The van der Waals surface area contributed by atoms with Crippen LogP contribution in [0.25, 0.3) is 4.85 Å². The van der Waals surface area contributed by atoms with Crippen molar-refractivity contribution in [2.24, 2.45) is 0 Å². The number of aromatic hydroxyl groups is 1. The van der Waals surface area contributed by atoms with E-state index in [1.165, 1.54) is 12.1 Å². The molecule has 1 rings (SSSR count). The van der Waals surface area contributed by atoms with Gasteiger partial charge in [-0.05, 0) is 12.1 Å². The Balaban J connectivity index is 3.35. The highest BCUT2D eigenvalue weighted by molar-refractivity contribution is 6.37. The van der Waals surface area contributed by atoms with Gasteiger partial charge in [-0.3, -0.25) is 0 Å². The molecule has 0 unspecified atom stereocenters. The average molecular weight is 188 g/mol. The molecule has 0 radical (unpaired) electrons. The van der Waals surface area contributed by atoms with E-state index in [-0.39, 0.29) is 15.8 Å². The van der Waals surface area contributed by atoms with E-state index in [1.807, 2.05) is 0 Å². The number of hydrogen-bond donors (Lipinski definition) is 1. The first-order chi connectivity index (χ1) is 5.15. The van der Waals surface area contributed by atoms with E-state index < -0.39 is 0 Å². The van der Waals surface area contributed by atoms with E-state index in [1.54, 1.807) is 0 Å². The largest absolute Gasteiger partial charge is 0.505 e. The highest BCUT2D eigenvalue weighted by atomic mass is 35.5. The molecule has 0 aliphatic heterocycles. The van der Waals surface area contributed by atoms with Crippen LogP contribution >= 0.6 is 23.2 Å². The van der Waals surface area contributed by atoms with Crippen LogP contribution in [0.1, 0.15) is 0 Å². The van der Waals surface area contributed by atoms with Crippen molar-refractivity contribution in [3.8, 4) is 5.75 Å². The fourth-order valence-corrected chi connectivity index (χ4v) is 1.09. The minimum absolute atomic E-state index is 0.100. The molecule has 2 nitrogen and oxygen atoms in total. The molecule has 1 aromatic rings. The van der Waals surface area contributed by atoms with Crippen LogP contribution in [0.2, 0.25) is 10.0 Å². The fraction of sp³-hybridized carbons (Fsp3) is 0. The zero-order chi connectivity index (χ0) is 8.43. The molecule has 0 saturated carbocycles. The van der Waals surface area contributed by atoms with Gasteiger partial charge in [0, 0.05) is 0 Å². The number of nitrogens with zero attached hydrogens (tertiary/aromatic N) is 1. The Hall–Kier alpha value is -0.910. The molecule has 4 heteroatoms. The van der Waals surface area contributed by atoms with E-state index in [9.17, 15) is 0 Å². The summed E-state index contributed by atoms with van der Waals surface area (Å²) >= 11 is 11.0. The quantitative estimate of drug-likeness (QED) is 0.621. The molecule has 0 aliphatic rings. The second-order valence-corrected chi connectivity index (χ2v) is 2.68. The van der Waals surface area contributed by atoms with E-state index >= 15 is 0 Å². The lowest BCUT2D eigenvalue weighted by atomic mass is 10.3. The first kappa shape index (κ1) is 8.19. The molecule has 56 valence electrons. The molecule has 1 N–H and O–H groups in total. The average Bonchev–Trinajstić information content (AvgIpc) is 1.99. The molecule has 0 spiro atoms. The van der Waals surface area contributed by atoms with Crippen LogP contribution in [0, 0.1) is 6.57 Å². The van der Waals surface area contributed by atoms with Crippen molar-refractivity contribution >= 4 is 28.9 Å². The van der Waals surface area contributed by atoms with Gasteiger partial charge in [0.25, 0.3) is 0 Å². The predicted molar refractivity (Wildman–Crippen MR) is 44.4 cm³/mol. The van der Waals surface area contributed by atoms with E-state index in [0.717, 1.165) is 0 Å². The lowest BCUT2D eigenvalue weighted by Gasteiger charge is -1.98. The van der Waals surface area contributed by atoms with Crippen molar-refractivity contribution in [1.29, 1.82) is 0 Å². The summed E-state index contributed by atoms with van der Waals surface area (Å²) in [6, 6.07) is 2.71. The summed E-state index contributed by atoms with van der Waals surface area (Å²) in [4.78, 5) is 3.10. The monoisotopic (exact) mass is 187 g/mol. The normalized spacial score (nSPS) is 9.18. The fourth-order valence-electron chi connectivity index (χ4n) is 0.617. The SMILES string of the molecule is [C-]#[N+]c1cc(Cl)c(O)c(Cl)c1. The van der Waals surface area contributed by atoms with Crippen molar-refractivity contribution in [3.05, 3.63) is 33.6 Å². The van der Waals surface area contributed by atoms with Crippen molar-refractivity contribution in [2.75, 3.05) is 0 Å². The van der Waals surface area contributed by atoms with Gasteiger partial charge in [-0.15, -0.1) is 0 Å². The Labute approximate surface area is 73.8 Å². The summed E-state index contributed by atoms with van der Waals surface area (Å²) in [5.41, 5.74) is 0.317. The summed E-state index contributed by atoms with van der Waals surface area (Å²) in [6.45, 7) is 6.63. The molecule has 0 saturated heterocycles. The molecule has 0 amide bonds. The third-order valence-corrected chi connectivity index (χ3v) is 1.71. The van der Waals surface area contributed by atoms with E-state index in [2.05, 4.69) is 4.85 Å². The summed E-state index contributed by atoms with van der Waals surface area (Å²) in [5, 5.41) is 9.26. The van der Waals surface area contributed by atoms with Gasteiger partial charge in [0.2, 0.25) is 0 Å². The first-order valence-electron chi connectivity index (χ1n) is 2.70. The van der Waals surface area contributed by atoms with Crippen molar-refractivity contribution < 1.29 is 5.11 Å². The highest BCUT2D eigenvalue weighted by Gasteiger charge is 2.05. The molecular formula is C7H3Cl2NO. The van der Waals surface area contributed by atoms with Gasteiger partial charge in [0.05, 0.1) is 16.6 Å². The van der Waals surface area contributed by atoms with Crippen LogP contribution in [0.3, 0.4) is 0 Å². The van der Waals surface area contributed by atoms with E-state index in [4.69, 9.17) is 34.9 Å². The van der Waals surface area contributed by atoms with Gasteiger partial charge < -0.3 is 5.11 Å². The molecule has 11 heavy (non-hydrogen) atoms. The Kier molecular flexibility index (Phi) is 2.23. The Morgan fingerprint density at radius 3 is 2.09 bits per heavy atom.